The van der Waals surface area contributed by atoms with E-state index in [0.29, 0.717) is 0 Å². The summed E-state index contributed by atoms with van der Waals surface area (Å²) in [6.07, 6.45) is 1.53. The molecule has 4 heteroatoms. The first-order valence-electron chi connectivity index (χ1n) is 2.94. The van der Waals surface area contributed by atoms with E-state index in [0.717, 1.165) is 19.4 Å². The van der Waals surface area contributed by atoms with Crippen LogP contribution in [0.5, 0.6) is 0 Å². The van der Waals surface area contributed by atoms with Crippen molar-refractivity contribution in [2.45, 2.75) is 18.9 Å². The second-order valence-corrected chi connectivity index (χ2v) is 2.28. The summed E-state index contributed by atoms with van der Waals surface area (Å²) in [4.78, 5) is 10.8. The molecule has 9 heavy (non-hydrogen) atoms. The number of nitrogens with one attached hydrogen (secondary N) is 1. The van der Waals surface area contributed by atoms with Gasteiger partial charge in [0, 0.05) is 6.54 Å². The maximum atomic E-state index is 10.8. The van der Waals surface area contributed by atoms with Gasteiger partial charge in [-0.25, -0.2) is 0 Å². The maximum absolute atomic E-state index is 10.8. The molecule has 3 nitrogen and oxygen atoms in total. The lowest BCUT2D eigenvalue weighted by Gasteiger charge is -2.19. The van der Waals surface area contributed by atoms with Gasteiger partial charge in [-0.15, -0.1) is 0 Å². The van der Waals surface area contributed by atoms with Gasteiger partial charge in [0.15, 0.2) is 0 Å². The Morgan fingerprint density at radius 1 is 1.78 bits per heavy atom. The third-order valence-corrected chi connectivity index (χ3v) is 1.66. The fourth-order valence-electron chi connectivity index (χ4n) is 0.856. The van der Waals surface area contributed by atoms with Crippen LogP contribution in [0, 0.1) is 0 Å². The van der Waals surface area contributed by atoms with Crippen molar-refractivity contribution in [3.63, 3.8) is 0 Å². The van der Waals surface area contributed by atoms with E-state index >= 15 is 0 Å². The molecular weight excluding hydrogens is 134 g/mol. The molecule has 1 N–H and O–H groups in total. The van der Waals surface area contributed by atoms with E-state index in [1.165, 1.54) is 0 Å². The molecule has 0 aromatic rings. The molecule has 0 spiro atoms. The zero-order valence-corrected chi connectivity index (χ0v) is 6.02. The predicted octanol–water partition coefficient (Wildman–Crippen LogP) is -0.635. The van der Waals surface area contributed by atoms with Crippen molar-refractivity contribution < 1.29 is 9.22 Å². The highest BCUT2D eigenvalue weighted by atomic mass is 28.2. The van der Waals surface area contributed by atoms with E-state index in [4.69, 9.17) is 4.43 Å². The van der Waals surface area contributed by atoms with Gasteiger partial charge in [-0.1, -0.05) is 0 Å². The normalized spacial score (nSPS) is 27.7. The van der Waals surface area contributed by atoms with E-state index < -0.39 is 0 Å². The van der Waals surface area contributed by atoms with Gasteiger partial charge < -0.3 is 9.74 Å². The van der Waals surface area contributed by atoms with Gasteiger partial charge >= 0.3 is 0 Å². The van der Waals surface area contributed by atoms with Gasteiger partial charge in [-0.05, 0) is 12.8 Å². The second kappa shape index (κ2) is 2.98. The maximum Gasteiger partial charge on any atom is 0.247 e. The standard InChI is InChI=1S/C5H8NO2Si/c7-5-4(8-9)2-1-3-6-5/h4H,1-3H2,(H,6,7). The molecule has 0 bridgehead atoms. The summed E-state index contributed by atoms with van der Waals surface area (Å²) in [6, 6.07) is 0. The quantitative estimate of drug-likeness (QED) is 0.495. The van der Waals surface area contributed by atoms with E-state index in [-0.39, 0.29) is 12.0 Å². The summed E-state index contributed by atoms with van der Waals surface area (Å²) in [5.41, 5.74) is 0. The average molecular weight is 142 g/mol. The Balaban J connectivity index is 2.39. The Morgan fingerprint density at radius 3 is 3.00 bits per heavy atom. The molecule has 1 amide bonds. The van der Waals surface area contributed by atoms with E-state index in [2.05, 4.69) is 15.8 Å². The molecule has 1 saturated heterocycles. The summed E-state index contributed by atoms with van der Waals surface area (Å²) in [5.74, 6) is -0.0174. The smallest absolute Gasteiger partial charge is 0.247 e. The van der Waals surface area contributed by atoms with E-state index in [1.807, 2.05) is 0 Å². The minimum Gasteiger partial charge on any atom is -0.407 e. The Morgan fingerprint density at radius 2 is 2.56 bits per heavy atom. The molecule has 0 aromatic heterocycles. The minimum atomic E-state index is -0.282. The predicted molar refractivity (Wildman–Crippen MR) is 32.9 cm³/mol. The number of hydrogen-bond donors (Lipinski definition) is 1. The van der Waals surface area contributed by atoms with Crippen LogP contribution in [0.3, 0.4) is 0 Å². The van der Waals surface area contributed by atoms with Gasteiger partial charge in [0.1, 0.15) is 6.10 Å². The summed E-state index contributed by atoms with van der Waals surface area (Å²) in [7, 11) is 2.84. The van der Waals surface area contributed by atoms with E-state index in [1.54, 1.807) is 0 Å². The fraction of sp³-hybridized carbons (Fsp3) is 0.800. The monoisotopic (exact) mass is 142 g/mol. The third kappa shape index (κ3) is 1.52. The molecule has 0 saturated carbocycles. The third-order valence-electron chi connectivity index (χ3n) is 1.38. The zero-order valence-electron chi connectivity index (χ0n) is 5.02. The van der Waals surface area contributed by atoms with Crippen molar-refractivity contribution in [1.82, 2.24) is 5.32 Å². The fourth-order valence-corrected chi connectivity index (χ4v) is 1.08. The molecule has 1 aliphatic heterocycles. The van der Waals surface area contributed by atoms with E-state index in [9.17, 15) is 4.79 Å². The Labute approximate surface area is 57.3 Å². The van der Waals surface area contributed by atoms with Crippen LogP contribution < -0.4 is 5.32 Å². The Bertz CT molecular complexity index is 118. The van der Waals surface area contributed by atoms with Crippen molar-refractivity contribution in [2.75, 3.05) is 6.54 Å². The van der Waals surface area contributed by atoms with Crippen LogP contribution in [0.1, 0.15) is 12.8 Å². The molecule has 3 radical (unpaired) electrons. The van der Waals surface area contributed by atoms with Crippen LogP contribution in [0.2, 0.25) is 0 Å². The van der Waals surface area contributed by atoms with Crippen molar-refractivity contribution in [3.05, 3.63) is 0 Å². The number of rotatable bonds is 1. The second-order valence-electron chi connectivity index (χ2n) is 2.04. The Hall–Kier alpha value is -0.353. The number of hydrogen-bond acceptors (Lipinski definition) is 2. The van der Waals surface area contributed by atoms with Crippen LogP contribution in [0.4, 0.5) is 0 Å². The first kappa shape index (κ1) is 6.76. The number of piperidine rings is 1. The van der Waals surface area contributed by atoms with Crippen molar-refractivity contribution >= 4 is 16.4 Å². The summed E-state index contributed by atoms with van der Waals surface area (Å²) in [5, 5.41) is 2.69. The van der Waals surface area contributed by atoms with Crippen molar-refractivity contribution in [3.8, 4) is 0 Å². The molecule has 0 aliphatic carbocycles. The molecule has 1 unspecified atom stereocenters. The van der Waals surface area contributed by atoms with Crippen LogP contribution >= 0.6 is 0 Å². The van der Waals surface area contributed by atoms with Crippen LogP contribution in [-0.4, -0.2) is 29.0 Å². The van der Waals surface area contributed by atoms with Gasteiger partial charge in [0.2, 0.25) is 16.4 Å². The van der Waals surface area contributed by atoms with Gasteiger partial charge in [0.25, 0.3) is 0 Å². The van der Waals surface area contributed by atoms with Crippen LogP contribution in [0.25, 0.3) is 0 Å². The molecule has 1 aliphatic rings. The SMILES string of the molecule is O=C1NCCCC1O[Si]. The largest absolute Gasteiger partial charge is 0.407 e. The molecule has 1 heterocycles. The van der Waals surface area contributed by atoms with Crippen molar-refractivity contribution in [2.24, 2.45) is 0 Å². The molecule has 1 rings (SSSR count). The highest BCUT2D eigenvalue weighted by molar-refractivity contribution is 6.00. The lowest BCUT2D eigenvalue weighted by Crippen LogP contribution is -2.41. The highest BCUT2D eigenvalue weighted by Crippen LogP contribution is 2.04. The molecule has 0 aromatic carbocycles. The number of carbonyl (C=O) groups is 1. The van der Waals surface area contributed by atoms with Gasteiger partial charge in [-0.2, -0.15) is 0 Å². The lowest BCUT2D eigenvalue weighted by molar-refractivity contribution is -0.129. The summed E-state index contributed by atoms with van der Waals surface area (Å²) in [6.45, 7) is 0.783. The molecule has 1 atom stereocenters. The van der Waals surface area contributed by atoms with Gasteiger partial charge in [-0.3, -0.25) is 4.79 Å². The zero-order chi connectivity index (χ0) is 6.69. The van der Waals surface area contributed by atoms with Crippen molar-refractivity contribution in [1.29, 1.82) is 0 Å². The molecule has 49 valence electrons. The summed E-state index contributed by atoms with van der Waals surface area (Å²) < 4.78 is 4.70. The molecule has 1 fully saturated rings. The number of amides is 1. The number of carbonyl (C=O) groups excluding carboxylic acids is 1. The van der Waals surface area contributed by atoms with Gasteiger partial charge in [0.05, 0.1) is 0 Å². The van der Waals surface area contributed by atoms with Crippen LogP contribution in [-0.2, 0) is 9.22 Å². The first-order chi connectivity index (χ1) is 4.34. The summed E-state index contributed by atoms with van der Waals surface area (Å²) >= 11 is 0. The first-order valence-corrected chi connectivity index (χ1v) is 3.35. The minimum absolute atomic E-state index is 0.0174. The van der Waals surface area contributed by atoms with Crippen LogP contribution in [0.15, 0.2) is 0 Å². The lowest BCUT2D eigenvalue weighted by atomic mass is 10.1. The topological polar surface area (TPSA) is 38.3 Å². The average Bonchev–Trinajstić information content (AvgIpc) is 1.89. The molecular formula is C5H8NO2Si. The Kier molecular flexibility index (Phi) is 2.24. The highest BCUT2D eigenvalue weighted by Gasteiger charge is 2.19.